The molecule has 0 saturated carbocycles. The van der Waals surface area contributed by atoms with E-state index in [1.807, 2.05) is 36.6 Å². The Hall–Kier alpha value is -2.36. The molecule has 0 aliphatic rings. The number of thiazole rings is 1. The molecule has 0 aliphatic heterocycles. The molecule has 0 aliphatic carbocycles. The number of amides is 1. The average Bonchev–Trinajstić information content (AvgIpc) is 3.09. The Morgan fingerprint density at radius 3 is 2.54 bits per heavy atom. The highest BCUT2D eigenvalue weighted by Gasteiger charge is 2.10. The predicted octanol–water partition coefficient (Wildman–Crippen LogP) is 4.22. The Morgan fingerprint density at radius 2 is 1.86 bits per heavy atom. The van der Waals surface area contributed by atoms with Crippen LogP contribution in [0.5, 0.6) is 0 Å². The highest BCUT2D eigenvalue weighted by Crippen LogP contribution is 2.27. The van der Waals surface area contributed by atoms with Gasteiger partial charge < -0.3 is 5.32 Å². The summed E-state index contributed by atoms with van der Waals surface area (Å²) in [6, 6.07) is 14.8. The van der Waals surface area contributed by atoms with E-state index < -0.39 is 10.0 Å². The zero-order valence-electron chi connectivity index (χ0n) is 15.3. The van der Waals surface area contributed by atoms with Crippen molar-refractivity contribution in [2.75, 3.05) is 22.0 Å². The van der Waals surface area contributed by atoms with E-state index in [0.717, 1.165) is 28.0 Å². The van der Waals surface area contributed by atoms with E-state index in [4.69, 9.17) is 0 Å². The van der Waals surface area contributed by atoms with Crippen molar-refractivity contribution in [3.8, 4) is 11.3 Å². The largest absolute Gasteiger partial charge is 0.301 e. The van der Waals surface area contributed by atoms with Gasteiger partial charge in [0.05, 0.1) is 17.7 Å². The monoisotopic (exact) mass is 433 g/mol. The molecular formula is C19H19N3O3S3. The Kier molecular flexibility index (Phi) is 6.38. The van der Waals surface area contributed by atoms with E-state index in [1.54, 1.807) is 24.3 Å². The molecule has 0 bridgehead atoms. The molecule has 2 aromatic carbocycles. The minimum atomic E-state index is -3.31. The second-order valence-electron chi connectivity index (χ2n) is 6.09. The van der Waals surface area contributed by atoms with Crippen molar-refractivity contribution in [1.82, 2.24) is 4.98 Å². The summed E-state index contributed by atoms with van der Waals surface area (Å²) in [5, 5.41) is 5.20. The van der Waals surface area contributed by atoms with Crippen LogP contribution in [0.15, 0.2) is 58.8 Å². The van der Waals surface area contributed by atoms with E-state index in [2.05, 4.69) is 15.0 Å². The molecule has 0 saturated heterocycles. The SMILES string of the molecule is Cc1ccccc1SCC(=O)Nc1nc(-c2ccc(NS(C)(=O)=O)cc2)cs1. The van der Waals surface area contributed by atoms with E-state index in [0.29, 0.717) is 16.6 Å². The van der Waals surface area contributed by atoms with Crippen molar-refractivity contribution in [2.24, 2.45) is 0 Å². The summed E-state index contributed by atoms with van der Waals surface area (Å²) in [5.74, 6) is 0.202. The average molecular weight is 434 g/mol. The van der Waals surface area contributed by atoms with E-state index >= 15 is 0 Å². The number of anilines is 2. The molecular weight excluding hydrogens is 414 g/mol. The Bertz CT molecular complexity index is 1080. The topological polar surface area (TPSA) is 88.2 Å². The van der Waals surface area contributed by atoms with E-state index in [-0.39, 0.29) is 5.91 Å². The molecule has 3 aromatic rings. The van der Waals surface area contributed by atoms with Gasteiger partial charge in [-0.15, -0.1) is 23.1 Å². The first kappa shape index (κ1) is 20.4. The first-order valence-electron chi connectivity index (χ1n) is 8.32. The quantitative estimate of drug-likeness (QED) is 0.545. The van der Waals surface area contributed by atoms with Gasteiger partial charge in [0.2, 0.25) is 15.9 Å². The van der Waals surface area contributed by atoms with Crippen LogP contribution in [-0.4, -0.2) is 31.3 Å². The van der Waals surface area contributed by atoms with Gasteiger partial charge in [-0.2, -0.15) is 0 Å². The fraction of sp³-hybridized carbons (Fsp3) is 0.158. The molecule has 0 atom stereocenters. The molecule has 1 aromatic heterocycles. The first-order chi connectivity index (χ1) is 13.3. The van der Waals surface area contributed by atoms with Gasteiger partial charge in [0.1, 0.15) is 0 Å². The third kappa shape index (κ3) is 5.82. The summed E-state index contributed by atoms with van der Waals surface area (Å²) in [7, 11) is -3.31. The van der Waals surface area contributed by atoms with Gasteiger partial charge in [-0.1, -0.05) is 30.3 Å². The number of hydrogen-bond donors (Lipinski definition) is 2. The van der Waals surface area contributed by atoms with Gasteiger partial charge in [-0.3, -0.25) is 9.52 Å². The summed E-state index contributed by atoms with van der Waals surface area (Å²) in [6.07, 6.45) is 1.10. The highest BCUT2D eigenvalue weighted by molar-refractivity contribution is 8.00. The Morgan fingerprint density at radius 1 is 1.14 bits per heavy atom. The van der Waals surface area contributed by atoms with Crippen molar-refractivity contribution in [2.45, 2.75) is 11.8 Å². The Labute approximate surface area is 172 Å². The fourth-order valence-corrected chi connectivity index (χ4v) is 4.53. The first-order valence-corrected chi connectivity index (χ1v) is 12.1. The van der Waals surface area contributed by atoms with Crippen LogP contribution >= 0.6 is 23.1 Å². The number of thioether (sulfide) groups is 1. The molecule has 9 heteroatoms. The Balaban J connectivity index is 1.59. The minimum absolute atomic E-state index is 0.109. The molecule has 1 heterocycles. The standard InChI is InChI=1S/C19H19N3O3S3/c1-13-5-3-4-6-17(13)26-12-18(23)21-19-20-16(11-27-19)14-7-9-15(10-8-14)22-28(2,24)25/h3-11,22H,12H2,1-2H3,(H,20,21,23). The normalized spacial score (nSPS) is 11.2. The van der Waals surface area contributed by atoms with Gasteiger partial charge in [-0.05, 0) is 30.7 Å². The molecule has 0 fully saturated rings. The third-order valence-electron chi connectivity index (χ3n) is 3.69. The predicted molar refractivity (Wildman–Crippen MR) is 117 cm³/mol. The summed E-state index contributed by atoms with van der Waals surface area (Å²) < 4.78 is 24.9. The molecule has 1 amide bonds. The summed E-state index contributed by atoms with van der Waals surface area (Å²) >= 11 is 2.84. The van der Waals surface area contributed by atoms with Crippen molar-refractivity contribution < 1.29 is 13.2 Å². The van der Waals surface area contributed by atoms with Crippen LogP contribution < -0.4 is 10.0 Å². The number of carbonyl (C=O) groups excluding carboxylic acids is 1. The lowest BCUT2D eigenvalue weighted by Gasteiger charge is -2.05. The molecule has 0 unspecified atom stereocenters. The van der Waals surface area contributed by atoms with Crippen LogP contribution in [0.4, 0.5) is 10.8 Å². The minimum Gasteiger partial charge on any atom is -0.301 e. The van der Waals surface area contributed by atoms with E-state index in [9.17, 15) is 13.2 Å². The van der Waals surface area contributed by atoms with Gasteiger partial charge in [0, 0.05) is 21.5 Å². The number of nitrogens with zero attached hydrogens (tertiary/aromatic N) is 1. The number of sulfonamides is 1. The van der Waals surface area contributed by atoms with Crippen molar-refractivity contribution >= 4 is 49.8 Å². The maximum atomic E-state index is 12.2. The number of benzene rings is 2. The van der Waals surface area contributed by atoms with Gasteiger partial charge in [0.15, 0.2) is 5.13 Å². The molecule has 28 heavy (non-hydrogen) atoms. The zero-order valence-corrected chi connectivity index (χ0v) is 17.7. The lowest BCUT2D eigenvalue weighted by Crippen LogP contribution is -2.13. The maximum Gasteiger partial charge on any atom is 0.236 e. The molecule has 2 N–H and O–H groups in total. The molecule has 3 rings (SSSR count). The molecule has 6 nitrogen and oxygen atoms in total. The second kappa shape index (κ2) is 8.76. The number of aromatic nitrogens is 1. The fourth-order valence-electron chi connectivity index (χ4n) is 2.40. The zero-order chi connectivity index (χ0) is 20.1. The number of carbonyl (C=O) groups is 1. The van der Waals surface area contributed by atoms with Crippen LogP contribution in [-0.2, 0) is 14.8 Å². The maximum absolute atomic E-state index is 12.2. The van der Waals surface area contributed by atoms with Gasteiger partial charge >= 0.3 is 0 Å². The summed E-state index contributed by atoms with van der Waals surface area (Å²) in [5.41, 5.74) is 3.19. The third-order valence-corrected chi connectivity index (χ3v) is 6.23. The van der Waals surface area contributed by atoms with Crippen molar-refractivity contribution in [3.63, 3.8) is 0 Å². The van der Waals surface area contributed by atoms with Crippen LogP contribution in [0.25, 0.3) is 11.3 Å². The van der Waals surface area contributed by atoms with Crippen molar-refractivity contribution in [1.29, 1.82) is 0 Å². The lowest BCUT2D eigenvalue weighted by atomic mass is 10.1. The summed E-state index contributed by atoms with van der Waals surface area (Å²) in [6.45, 7) is 2.02. The van der Waals surface area contributed by atoms with Crippen LogP contribution in [0.1, 0.15) is 5.56 Å². The number of hydrogen-bond acceptors (Lipinski definition) is 6. The van der Waals surface area contributed by atoms with Gasteiger partial charge in [-0.25, -0.2) is 13.4 Å². The van der Waals surface area contributed by atoms with Crippen LogP contribution in [0.2, 0.25) is 0 Å². The van der Waals surface area contributed by atoms with Crippen LogP contribution in [0.3, 0.4) is 0 Å². The molecule has 0 radical (unpaired) electrons. The number of aryl methyl sites for hydroxylation is 1. The molecule has 0 spiro atoms. The lowest BCUT2D eigenvalue weighted by molar-refractivity contribution is -0.113. The smallest absolute Gasteiger partial charge is 0.236 e. The van der Waals surface area contributed by atoms with Crippen LogP contribution in [0, 0.1) is 6.92 Å². The highest BCUT2D eigenvalue weighted by atomic mass is 32.2. The molecule has 146 valence electrons. The van der Waals surface area contributed by atoms with E-state index in [1.165, 1.54) is 23.1 Å². The number of rotatable bonds is 7. The van der Waals surface area contributed by atoms with Gasteiger partial charge in [0.25, 0.3) is 0 Å². The summed E-state index contributed by atoms with van der Waals surface area (Å²) in [4.78, 5) is 17.7. The van der Waals surface area contributed by atoms with Crippen molar-refractivity contribution in [3.05, 3.63) is 59.5 Å². The second-order valence-corrected chi connectivity index (χ2v) is 9.72. The number of nitrogens with one attached hydrogen (secondary N) is 2.